The molecule has 0 spiro atoms. The molecule has 5 saturated heterocycles. The van der Waals surface area contributed by atoms with Gasteiger partial charge in [-0.3, -0.25) is 14.7 Å². The van der Waals surface area contributed by atoms with Crippen LogP contribution in [0.15, 0.2) is 0 Å². The molecule has 5 heterocycles. The molecule has 0 amide bonds. The first-order valence-corrected chi connectivity index (χ1v) is 12.6. The summed E-state index contributed by atoms with van der Waals surface area (Å²) in [5.74, 6) is 0.934. The largest absolute Gasteiger partial charge is 0.300 e. The van der Waals surface area contributed by atoms with E-state index in [9.17, 15) is 0 Å². The molecule has 5 aliphatic rings. The monoisotopic (exact) mass is 404 g/mol. The minimum Gasteiger partial charge on any atom is -0.300 e. The zero-order valence-corrected chi connectivity index (χ0v) is 20.3. The highest BCUT2D eigenvalue weighted by Crippen LogP contribution is 2.35. The van der Waals surface area contributed by atoms with E-state index < -0.39 is 0 Å². The molecule has 0 aromatic rings. The summed E-state index contributed by atoms with van der Waals surface area (Å²) >= 11 is 0. The Bertz CT molecular complexity index is 532. The maximum Gasteiger partial charge on any atom is 0.0229 e. The molecule has 4 heteroatoms. The molecule has 0 aliphatic carbocycles. The number of rotatable bonds is 3. The maximum atomic E-state index is 2.89. The lowest BCUT2D eigenvalue weighted by atomic mass is 9.85. The van der Waals surface area contributed by atoms with Crippen LogP contribution in [0.5, 0.6) is 0 Å². The van der Waals surface area contributed by atoms with Crippen molar-refractivity contribution in [1.82, 2.24) is 19.6 Å². The summed E-state index contributed by atoms with van der Waals surface area (Å²) in [6, 6.07) is 2.47. The quantitative estimate of drug-likeness (QED) is 0.707. The van der Waals surface area contributed by atoms with Gasteiger partial charge in [0.1, 0.15) is 0 Å². The van der Waals surface area contributed by atoms with E-state index in [-0.39, 0.29) is 0 Å². The lowest BCUT2D eigenvalue weighted by Crippen LogP contribution is -2.67. The van der Waals surface area contributed by atoms with Crippen molar-refractivity contribution < 1.29 is 0 Å². The normalized spacial score (nSPS) is 32.9. The Labute approximate surface area is 181 Å². The molecule has 0 saturated carbocycles. The number of hydrogen-bond donors (Lipinski definition) is 0. The van der Waals surface area contributed by atoms with Crippen molar-refractivity contribution in [2.45, 2.75) is 109 Å². The topological polar surface area (TPSA) is 13.0 Å². The molecule has 5 rings (SSSR count). The maximum absolute atomic E-state index is 2.89. The number of nitrogens with zero attached hydrogens (tertiary/aromatic N) is 4. The molecule has 168 valence electrons. The number of fused-ring (bicyclic) bond motifs is 3. The van der Waals surface area contributed by atoms with Gasteiger partial charge in [-0.2, -0.15) is 0 Å². The third-order valence-corrected chi connectivity index (χ3v) is 8.58. The Kier molecular flexibility index (Phi) is 6.39. The van der Waals surface area contributed by atoms with Gasteiger partial charge < -0.3 is 4.90 Å². The van der Waals surface area contributed by atoms with E-state index in [2.05, 4.69) is 61.1 Å². The van der Waals surface area contributed by atoms with Crippen molar-refractivity contribution in [3.63, 3.8) is 0 Å². The molecule has 0 aromatic heterocycles. The van der Waals surface area contributed by atoms with E-state index in [1.807, 2.05) is 0 Å². The van der Waals surface area contributed by atoms with Crippen LogP contribution in [0.2, 0.25) is 0 Å². The van der Waals surface area contributed by atoms with E-state index in [0.29, 0.717) is 11.1 Å². The fraction of sp³-hybridized carbons (Fsp3) is 1.00. The Hall–Kier alpha value is -0.160. The Morgan fingerprint density at radius 3 is 1.76 bits per heavy atom. The number of hydrogen-bond acceptors (Lipinski definition) is 4. The van der Waals surface area contributed by atoms with Gasteiger partial charge in [0.25, 0.3) is 0 Å². The molecule has 5 fully saturated rings. The number of piperazine rings is 1. The van der Waals surface area contributed by atoms with Gasteiger partial charge in [0.05, 0.1) is 0 Å². The van der Waals surface area contributed by atoms with Crippen LogP contribution in [0.4, 0.5) is 0 Å². The average molecular weight is 405 g/mol. The molecule has 0 N–H and O–H groups in total. The van der Waals surface area contributed by atoms with E-state index >= 15 is 0 Å². The minimum atomic E-state index is 0.337. The van der Waals surface area contributed by atoms with Gasteiger partial charge in [-0.25, -0.2) is 0 Å². The van der Waals surface area contributed by atoms with Crippen molar-refractivity contribution in [2.24, 2.45) is 5.92 Å². The number of likely N-dealkylation sites (tertiary alicyclic amines) is 2. The summed E-state index contributed by atoms with van der Waals surface area (Å²) in [7, 11) is 0. The van der Waals surface area contributed by atoms with Gasteiger partial charge >= 0.3 is 0 Å². The summed E-state index contributed by atoms with van der Waals surface area (Å²) in [6.45, 7) is 23.6. The van der Waals surface area contributed by atoms with Gasteiger partial charge in [-0.15, -0.1) is 0 Å². The SMILES string of the molecule is CC(C)(C)N1CCC(N2CCC(CN3CC4CCC3CN4C(C)(C)C)CC2)CC1. The second-order valence-electron chi connectivity index (χ2n) is 12.5. The molecule has 2 atom stereocenters. The van der Waals surface area contributed by atoms with Crippen molar-refractivity contribution >= 4 is 0 Å². The van der Waals surface area contributed by atoms with Crippen molar-refractivity contribution in [1.29, 1.82) is 0 Å². The summed E-state index contributed by atoms with van der Waals surface area (Å²) in [6.07, 6.45) is 8.46. The highest BCUT2D eigenvalue weighted by Gasteiger charge is 2.43. The third kappa shape index (κ3) is 5.02. The Morgan fingerprint density at radius 1 is 0.621 bits per heavy atom. The summed E-state index contributed by atoms with van der Waals surface area (Å²) in [5.41, 5.74) is 0.678. The van der Waals surface area contributed by atoms with Crippen LogP contribution in [0.25, 0.3) is 0 Å². The zero-order chi connectivity index (χ0) is 20.8. The first kappa shape index (κ1) is 22.0. The Balaban J connectivity index is 1.21. The fourth-order valence-corrected chi connectivity index (χ4v) is 6.70. The van der Waals surface area contributed by atoms with Crippen molar-refractivity contribution in [3.8, 4) is 0 Å². The molecule has 5 aliphatic heterocycles. The standard InChI is InChI=1S/C25H48N4/c1-24(2,3)28-15-11-21(12-16-28)26-13-9-20(10-14-26)17-27-18-23-8-7-22(27)19-29(23)25(4,5)6/h20-23H,7-19H2,1-6H3. The van der Waals surface area contributed by atoms with Crippen LogP contribution in [0.1, 0.15) is 80.1 Å². The van der Waals surface area contributed by atoms with Crippen LogP contribution >= 0.6 is 0 Å². The lowest BCUT2D eigenvalue weighted by molar-refractivity contribution is -0.0710. The van der Waals surface area contributed by atoms with Crippen LogP contribution in [-0.2, 0) is 0 Å². The van der Waals surface area contributed by atoms with E-state index in [0.717, 1.165) is 24.0 Å². The average Bonchev–Trinajstić information content (AvgIpc) is 2.68. The van der Waals surface area contributed by atoms with Gasteiger partial charge in [0, 0.05) is 61.9 Å². The molecule has 2 bridgehead atoms. The molecular weight excluding hydrogens is 356 g/mol. The molecular formula is C25H48N4. The first-order chi connectivity index (χ1) is 13.6. The second kappa shape index (κ2) is 8.41. The van der Waals surface area contributed by atoms with Crippen LogP contribution in [0.3, 0.4) is 0 Å². The first-order valence-electron chi connectivity index (χ1n) is 12.6. The molecule has 2 unspecified atom stereocenters. The van der Waals surface area contributed by atoms with Crippen LogP contribution in [0, 0.1) is 5.92 Å². The fourth-order valence-electron chi connectivity index (χ4n) is 6.70. The summed E-state index contributed by atoms with van der Waals surface area (Å²) < 4.78 is 0. The molecule has 29 heavy (non-hydrogen) atoms. The van der Waals surface area contributed by atoms with Gasteiger partial charge in [0.2, 0.25) is 0 Å². The summed E-state index contributed by atoms with van der Waals surface area (Å²) in [4.78, 5) is 11.2. The third-order valence-electron chi connectivity index (χ3n) is 8.58. The predicted molar refractivity (Wildman–Crippen MR) is 123 cm³/mol. The van der Waals surface area contributed by atoms with Gasteiger partial charge in [-0.1, -0.05) is 0 Å². The molecule has 0 aromatic carbocycles. The van der Waals surface area contributed by atoms with Gasteiger partial charge in [0.15, 0.2) is 0 Å². The summed E-state index contributed by atoms with van der Waals surface area (Å²) in [5, 5.41) is 0. The van der Waals surface area contributed by atoms with Crippen molar-refractivity contribution in [2.75, 3.05) is 45.8 Å². The second-order valence-corrected chi connectivity index (χ2v) is 12.5. The predicted octanol–water partition coefficient (Wildman–Crippen LogP) is 3.91. The van der Waals surface area contributed by atoms with Gasteiger partial charge in [-0.05, 0) is 99.1 Å². The smallest absolute Gasteiger partial charge is 0.0229 e. The van der Waals surface area contributed by atoms with Crippen LogP contribution < -0.4 is 0 Å². The number of piperidine rings is 4. The highest BCUT2D eigenvalue weighted by molar-refractivity contribution is 4.99. The minimum absolute atomic E-state index is 0.337. The Morgan fingerprint density at radius 2 is 1.24 bits per heavy atom. The lowest BCUT2D eigenvalue weighted by Gasteiger charge is -2.56. The zero-order valence-electron chi connectivity index (χ0n) is 20.3. The molecule has 4 nitrogen and oxygen atoms in total. The van der Waals surface area contributed by atoms with Crippen molar-refractivity contribution in [3.05, 3.63) is 0 Å². The van der Waals surface area contributed by atoms with E-state index in [1.165, 1.54) is 84.3 Å². The molecule has 0 radical (unpaired) electrons. The van der Waals surface area contributed by atoms with E-state index in [1.54, 1.807) is 0 Å². The van der Waals surface area contributed by atoms with Crippen LogP contribution in [-0.4, -0.2) is 94.6 Å². The van der Waals surface area contributed by atoms with E-state index in [4.69, 9.17) is 0 Å². The highest BCUT2D eigenvalue weighted by atomic mass is 15.3.